The number of carbonyl (C=O) groups is 2. The van der Waals surface area contributed by atoms with Crippen LogP contribution in [-0.2, 0) is 16.0 Å². The Morgan fingerprint density at radius 2 is 1.76 bits per heavy atom. The van der Waals surface area contributed by atoms with Crippen LogP contribution in [0.5, 0.6) is 11.5 Å². The minimum absolute atomic E-state index is 0.119. The molecule has 0 fully saturated rings. The number of hydrogen-bond acceptors (Lipinski definition) is 6. The summed E-state index contributed by atoms with van der Waals surface area (Å²) in [6, 6.07) is 18.6. The topological polar surface area (TPSA) is 98.6 Å². The van der Waals surface area contributed by atoms with Gasteiger partial charge in [0.2, 0.25) is 17.8 Å². The number of pyridine rings is 1. The second kappa shape index (κ2) is 12.1. The van der Waals surface area contributed by atoms with E-state index in [4.69, 9.17) is 9.47 Å². The third-order valence-electron chi connectivity index (χ3n) is 6.01. The molecule has 196 valence electrons. The maximum atomic E-state index is 13.2. The molecule has 0 aliphatic rings. The number of nitrogens with zero attached hydrogens (tertiary/aromatic N) is 4. The molecule has 0 aliphatic heterocycles. The minimum Gasteiger partial charge on any atom is -0.493 e. The molecule has 2 aromatic heterocycles. The predicted molar refractivity (Wildman–Crippen MR) is 146 cm³/mol. The summed E-state index contributed by atoms with van der Waals surface area (Å²) in [5.74, 6) is 0.946. The van der Waals surface area contributed by atoms with Crippen molar-refractivity contribution in [1.82, 2.24) is 19.4 Å². The fraction of sp³-hybridized carbons (Fsp3) is 0.241. The van der Waals surface area contributed by atoms with Gasteiger partial charge in [0.25, 0.3) is 0 Å². The first-order valence-corrected chi connectivity index (χ1v) is 12.2. The van der Waals surface area contributed by atoms with Crippen LogP contribution in [0.1, 0.15) is 19.4 Å². The van der Waals surface area contributed by atoms with Crippen LogP contribution in [-0.4, -0.2) is 58.1 Å². The molecular formula is C29H31N5O4. The molecule has 9 nitrogen and oxygen atoms in total. The van der Waals surface area contributed by atoms with Gasteiger partial charge in [-0.15, -0.1) is 0 Å². The average Bonchev–Trinajstić information content (AvgIpc) is 3.36. The van der Waals surface area contributed by atoms with Gasteiger partial charge in [0, 0.05) is 24.0 Å². The molecule has 0 saturated carbocycles. The van der Waals surface area contributed by atoms with Gasteiger partial charge in [-0.2, -0.15) is 0 Å². The largest absolute Gasteiger partial charge is 0.493 e. The van der Waals surface area contributed by atoms with Crippen LogP contribution < -0.4 is 14.8 Å². The Morgan fingerprint density at radius 1 is 1.00 bits per heavy atom. The molecular weight excluding hydrogens is 482 g/mol. The van der Waals surface area contributed by atoms with E-state index in [1.54, 1.807) is 48.2 Å². The van der Waals surface area contributed by atoms with E-state index in [2.05, 4.69) is 15.3 Å². The lowest BCUT2D eigenvalue weighted by Crippen LogP contribution is -2.43. The number of nitrogens with one attached hydrogen (secondary N) is 1. The second-order valence-electron chi connectivity index (χ2n) is 8.93. The number of imidazole rings is 1. The summed E-state index contributed by atoms with van der Waals surface area (Å²) in [6.07, 6.45) is 5.35. The van der Waals surface area contributed by atoms with E-state index < -0.39 is 0 Å². The van der Waals surface area contributed by atoms with Gasteiger partial charge < -0.3 is 14.4 Å². The number of methoxy groups -OCH3 is 2. The van der Waals surface area contributed by atoms with E-state index in [1.807, 2.05) is 68.6 Å². The Morgan fingerprint density at radius 3 is 2.42 bits per heavy atom. The van der Waals surface area contributed by atoms with Crippen molar-refractivity contribution in [1.29, 1.82) is 0 Å². The zero-order valence-electron chi connectivity index (χ0n) is 21.9. The predicted octanol–water partition coefficient (Wildman–Crippen LogP) is 4.37. The number of aromatic nitrogens is 3. The normalized spacial score (nSPS) is 10.8. The number of amides is 2. The maximum absolute atomic E-state index is 13.2. The molecule has 0 saturated heterocycles. The van der Waals surface area contributed by atoms with Crippen molar-refractivity contribution >= 4 is 17.8 Å². The van der Waals surface area contributed by atoms with Crippen molar-refractivity contribution in [2.75, 3.05) is 26.1 Å². The van der Waals surface area contributed by atoms with Crippen LogP contribution in [0, 0.1) is 0 Å². The Bertz CT molecular complexity index is 1390. The summed E-state index contributed by atoms with van der Waals surface area (Å²) in [4.78, 5) is 36.8. The van der Waals surface area contributed by atoms with E-state index >= 15 is 0 Å². The highest BCUT2D eigenvalue weighted by molar-refractivity contribution is 5.94. The molecule has 0 bridgehead atoms. The monoisotopic (exact) mass is 513 g/mol. The number of anilines is 1. The van der Waals surface area contributed by atoms with Gasteiger partial charge in [0.05, 0.1) is 38.2 Å². The highest BCUT2D eigenvalue weighted by Crippen LogP contribution is 2.28. The summed E-state index contributed by atoms with van der Waals surface area (Å²) in [5.41, 5.74) is 3.13. The summed E-state index contributed by atoms with van der Waals surface area (Å²) in [5, 5.41) is 2.89. The molecule has 0 aliphatic carbocycles. The van der Waals surface area contributed by atoms with Crippen molar-refractivity contribution < 1.29 is 19.1 Å². The Balaban J connectivity index is 1.53. The minimum atomic E-state index is -0.352. The fourth-order valence-corrected chi connectivity index (χ4v) is 4.05. The van der Waals surface area contributed by atoms with Crippen LogP contribution in [0.15, 0.2) is 79.3 Å². The highest BCUT2D eigenvalue weighted by Gasteiger charge is 2.22. The number of ether oxygens (including phenoxy) is 2. The van der Waals surface area contributed by atoms with Gasteiger partial charge in [0.15, 0.2) is 11.5 Å². The Kier molecular flexibility index (Phi) is 8.37. The number of benzene rings is 2. The molecule has 2 aromatic carbocycles. The van der Waals surface area contributed by atoms with Crippen LogP contribution in [0.3, 0.4) is 0 Å². The number of carbonyl (C=O) groups excluding carboxylic acids is 2. The quantitative estimate of drug-likeness (QED) is 0.338. The molecule has 9 heteroatoms. The Hall–Kier alpha value is -4.66. The second-order valence-corrected chi connectivity index (χ2v) is 8.93. The van der Waals surface area contributed by atoms with E-state index in [0.717, 1.165) is 16.8 Å². The lowest BCUT2D eigenvalue weighted by molar-refractivity contribution is -0.135. The SMILES string of the molecule is COc1ccc(CC(=O)N(CC(=O)Nc2nc(-c3ccccc3)cn2-c2cccnc2)C(C)C)cc1OC. The number of rotatable bonds is 10. The smallest absolute Gasteiger partial charge is 0.246 e. The highest BCUT2D eigenvalue weighted by atomic mass is 16.5. The van der Waals surface area contributed by atoms with Crippen molar-refractivity contribution in [2.45, 2.75) is 26.3 Å². The standard InChI is InChI=1S/C29H31N5O4/c1-20(2)33(28(36)16-21-12-13-25(37-3)26(15-21)38-4)19-27(35)32-29-31-24(22-9-6-5-7-10-22)18-34(29)23-11-8-14-30-17-23/h5-15,17-18,20H,16,19H2,1-4H3,(H,31,32,35). The summed E-state index contributed by atoms with van der Waals surface area (Å²) < 4.78 is 12.4. The molecule has 38 heavy (non-hydrogen) atoms. The van der Waals surface area contributed by atoms with Crippen LogP contribution in [0.25, 0.3) is 16.9 Å². The maximum Gasteiger partial charge on any atom is 0.246 e. The molecule has 2 heterocycles. The van der Waals surface area contributed by atoms with Crippen molar-refractivity contribution in [3.63, 3.8) is 0 Å². The molecule has 2 amide bonds. The van der Waals surface area contributed by atoms with Gasteiger partial charge in [-0.25, -0.2) is 4.98 Å². The van der Waals surface area contributed by atoms with Crippen molar-refractivity contribution in [3.8, 4) is 28.4 Å². The summed E-state index contributed by atoms with van der Waals surface area (Å²) >= 11 is 0. The molecule has 4 aromatic rings. The third kappa shape index (κ3) is 6.18. The zero-order valence-corrected chi connectivity index (χ0v) is 21.9. The Labute approximate surface area is 222 Å². The van der Waals surface area contributed by atoms with Crippen LogP contribution in [0.2, 0.25) is 0 Å². The van der Waals surface area contributed by atoms with E-state index in [1.165, 1.54) is 0 Å². The summed E-state index contributed by atoms with van der Waals surface area (Å²) in [6.45, 7) is 3.64. The zero-order chi connectivity index (χ0) is 27.1. The molecule has 0 unspecified atom stereocenters. The van der Waals surface area contributed by atoms with Gasteiger partial charge in [-0.3, -0.25) is 24.5 Å². The van der Waals surface area contributed by atoms with E-state index in [0.29, 0.717) is 23.1 Å². The number of hydrogen-bond donors (Lipinski definition) is 1. The van der Waals surface area contributed by atoms with Gasteiger partial charge in [-0.05, 0) is 43.7 Å². The van der Waals surface area contributed by atoms with Crippen LogP contribution >= 0.6 is 0 Å². The summed E-state index contributed by atoms with van der Waals surface area (Å²) in [7, 11) is 3.11. The molecule has 0 radical (unpaired) electrons. The van der Waals surface area contributed by atoms with E-state index in [9.17, 15) is 9.59 Å². The molecule has 0 spiro atoms. The first-order chi connectivity index (χ1) is 18.4. The van der Waals surface area contributed by atoms with Crippen molar-refractivity contribution in [3.05, 3.63) is 84.8 Å². The molecule has 4 rings (SSSR count). The first-order valence-electron chi connectivity index (χ1n) is 12.2. The van der Waals surface area contributed by atoms with Gasteiger partial charge in [0.1, 0.15) is 6.54 Å². The van der Waals surface area contributed by atoms with Crippen LogP contribution in [0.4, 0.5) is 5.95 Å². The molecule has 0 atom stereocenters. The third-order valence-corrected chi connectivity index (χ3v) is 6.01. The molecule has 1 N–H and O–H groups in total. The van der Waals surface area contributed by atoms with Gasteiger partial charge >= 0.3 is 0 Å². The lowest BCUT2D eigenvalue weighted by Gasteiger charge is -2.26. The first kappa shape index (κ1) is 26.4. The fourth-order valence-electron chi connectivity index (χ4n) is 4.05. The average molecular weight is 514 g/mol. The van der Waals surface area contributed by atoms with Gasteiger partial charge in [-0.1, -0.05) is 36.4 Å². The lowest BCUT2D eigenvalue weighted by atomic mass is 10.1. The van der Waals surface area contributed by atoms with E-state index in [-0.39, 0.29) is 30.8 Å². The van der Waals surface area contributed by atoms with Crippen molar-refractivity contribution in [2.24, 2.45) is 0 Å².